The molecule has 300 valence electrons. The number of carbonyl (C=O) groups is 2. The Morgan fingerprint density at radius 2 is 1.68 bits per heavy atom. The fourth-order valence-electron chi connectivity index (χ4n) is 7.59. The van der Waals surface area contributed by atoms with Gasteiger partial charge >= 0.3 is 12.1 Å². The van der Waals surface area contributed by atoms with Crippen molar-refractivity contribution in [2.75, 3.05) is 59.7 Å². The van der Waals surface area contributed by atoms with Gasteiger partial charge in [0.15, 0.2) is 0 Å². The molecule has 0 radical (unpaired) electrons. The summed E-state index contributed by atoms with van der Waals surface area (Å²) in [5.74, 6) is 0.422. The number of hydrogen-bond acceptors (Lipinski definition) is 9. The number of hydrogen-bond donors (Lipinski definition) is 1. The van der Waals surface area contributed by atoms with E-state index in [-0.39, 0.29) is 13.2 Å². The maximum Gasteiger partial charge on any atom is 0.410 e. The maximum absolute atomic E-state index is 14.1. The average molecular weight is 768 g/mol. The molecule has 1 amide bonds. The molecule has 12 heteroatoms. The topological polar surface area (TPSA) is 121 Å². The first-order chi connectivity index (χ1) is 27.0. The summed E-state index contributed by atoms with van der Waals surface area (Å²) in [4.78, 5) is 30.9. The lowest BCUT2D eigenvalue weighted by molar-refractivity contribution is 0.0294. The molecule has 1 fully saturated rings. The molecule has 0 saturated carbocycles. The number of rotatable bonds is 16. The molecule has 3 aromatic carbocycles. The first-order valence-corrected chi connectivity index (χ1v) is 19.8. The fraction of sp³-hybridized carbons (Fsp3) is 0.477. The minimum atomic E-state index is -0.616. The number of morpholine rings is 1. The van der Waals surface area contributed by atoms with Crippen LogP contribution in [0.15, 0.2) is 60.7 Å². The average Bonchev–Trinajstić information content (AvgIpc) is 3.68. The zero-order valence-electron chi connectivity index (χ0n) is 33.8. The van der Waals surface area contributed by atoms with E-state index in [9.17, 15) is 14.7 Å². The highest BCUT2D eigenvalue weighted by atomic mass is 16.6. The van der Waals surface area contributed by atoms with Crippen LogP contribution in [-0.4, -0.2) is 107 Å². The van der Waals surface area contributed by atoms with Gasteiger partial charge in [0.1, 0.15) is 17.0 Å². The minimum absolute atomic E-state index is 0.224. The molecule has 0 aliphatic carbocycles. The monoisotopic (exact) mass is 767 g/mol. The van der Waals surface area contributed by atoms with Crippen molar-refractivity contribution in [2.24, 2.45) is 0 Å². The third kappa shape index (κ3) is 9.37. The largest absolute Gasteiger partial charge is 0.493 e. The van der Waals surface area contributed by atoms with Crippen LogP contribution in [-0.2, 0) is 40.3 Å². The molecule has 0 atom stereocenters. The van der Waals surface area contributed by atoms with Crippen molar-refractivity contribution in [1.29, 1.82) is 0 Å². The van der Waals surface area contributed by atoms with Crippen LogP contribution in [0.25, 0.3) is 32.8 Å². The molecular formula is C44H57N5O7. The van der Waals surface area contributed by atoms with Gasteiger partial charge in [-0.25, -0.2) is 9.59 Å². The second-order valence-corrected chi connectivity index (χ2v) is 15.3. The van der Waals surface area contributed by atoms with E-state index in [1.165, 1.54) is 0 Å². The van der Waals surface area contributed by atoms with Gasteiger partial charge in [-0.2, -0.15) is 5.10 Å². The summed E-state index contributed by atoms with van der Waals surface area (Å²) in [6.07, 6.45) is 1.37. The van der Waals surface area contributed by atoms with Crippen LogP contribution in [0.1, 0.15) is 68.0 Å². The van der Waals surface area contributed by atoms with Gasteiger partial charge in [-0.05, 0) is 70.9 Å². The van der Waals surface area contributed by atoms with Crippen LogP contribution in [0.3, 0.4) is 0 Å². The van der Waals surface area contributed by atoms with E-state index in [1.807, 2.05) is 75.7 Å². The molecule has 1 saturated heterocycles. The highest BCUT2D eigenvalue weighted by Crippen LogP contribution is 2.39. The van der Waals surface area contributed by atoms with Gasteiger partial charge < -0.3 is 33.5 Å². The van der Waals surface area contributed by atoms with Crippen LogP contribution in [0.4, 0.5) is 4.79 Å². The number of amides is 1. The Bertz CT molecular complexity index is 2120. The van der Waals surface area contributed by atoms with Crippen molar-refractivity contribution in [3.63, 3.8) is 0 Å². The second-order valence-electron chi connectivity index (χ2n) is 15.3. The van der Waals surface area contributed by atoms with Crippen LogP contribution in [0, 0.1) is 6.92 Å². The number of carbonyl (C=O) groups excluding carboxylic acids is 2. The SMILES string of the molecule is CCOC(=O)c1c(CCCOc2cccc3ccccc23)c2cccc(-c3c(CO)nn(CCN4CCOCC4)c3C)c2n1CCCN(C)C(=O)OC(C)(C)C. The third-order valence-corrected chi connectivity index (χ3v) is 10.2. The molecular weight excluding hydrogens is 711 g/mol. The molecule has 0 unspecified atom stereocenters. The Balaban J connectivity index is 1.38. The van der Waals surface area contributed by atoms with E-state index in [4.69, 9.17) is 24.0 Å². The lowest BCUT2D eigenvalue weighted by Crippen LogP contribution is -2.38. The summed E-state index contributed by atoms with van der Waals surface area (Å²) in [5, 5.41) is 18.7. The maximum atomic E-state index is 14.1. The zero-order valence-corrected chi connectivity index (χ0v) is 33.8. The molecule has 0 bridgehead atoms. The van der Waals surface area contributed by atoms with Gasteiger partial charge in [0.2, 0.25) is 0 Å². The van der Waals surface area contributed by atoms with Crippen molar-refractivity contribution >= 4 is 33.7 Å². The van der Waals surface area contributed by atoms with Crippen molar-refractivity contribution < 1.29 is 33.6 Å². The summed E-state index contributed by atoms with van der Waals surface area (Å²) >= 11 is 0. The molecule has 1 aliphatic rings. The van der Waals surface area contributed by atoms with Gasteiger partial charge in [0.05, 0.1) is 50.8 Å². The number of benzene rings is 3. The number of esters is 1. The standard InChI is InChI=1S/C44H57N5O7/c1-7-54-42(51)41-35(19-12-27-55-38-20-10-15-32-14-8-9-16-33(32)38)34-17-11-18-36(40(34)48(41)22-13-21-46(6)43(52)56-44(3,4)5)39-31(2)49(45-37(39)30-50)24-23-47-25-28-53-29-26-47/h8-11,14-18,20,50H,7,12-13,19,21-30H2,1-6H3. The Morgan fingerprint density at radius 3 is 2.43 bits per heavy atom. The molecule has 1 N–H and O–H groups in total. The summed E-state index contributed by atoms with van der Waals surface area (Å²) in [6.45, 7) is 15.4. The number of nitrogens with zero attached hydrogens (tertiary/aromatic N) is 5. The molecule has 56 heavy (non-hydrogen) atoms. The number of ether oxygens (including phenoxy) is 4. The number of para-hydroxylation sites is 1. The van der Waals surface area contributed by atoms with Gasteiger partial charge in [0, 0.05) is 67.4 Å². The molecule has 1 aliphatic heterocycles. The van der Waals surface area contributed by atoms with E-state index in [1.54, 1.807) is 11.9 Å². The predicted molar refractivity (Wildman–Crippen MR) is 218 cm³/mol. The third-order valence-electron chi connectivity index (χ3n) is 10.2. The van der Waals surface area contributed by atoms with Gasteiger partial charge in [0.25, 0.3) is 0 Å². The van der Waals surface area contributed by atoms with Crippen LogP contribution >= 0.6 is 0 Å². The van der Waals surface area contributed by atoms with Crippen LogP contribution in [0.2, 0.25) is 0 Å². The van der Waals surface area contributed by atoms with E-state index in [2.05, 4.69) is 33.7 Å². The summed E-state index contributed by atoms with van der Waals surface area (Å²) in [5.41, 5.74) is 4.87. The van der Waals surface area contributed by atoms with E-state index >= 15 is 0 Å². The number of aliphatic hydroxyl groups is 1. The number of aromatic nitrogens is 3. The highest BCUT2D eigenvalue weighted by Gasteiger charge is 2.28. The van der Waals surface area contributed by atoms with Crippen LogP contribution in [0.5, 0.6) is 5.75 Å². The fourth-order valence-corrected chi connectivity index (χ4v) is 7.59. The second kappa shape index (κ2) is 18.4. The van der Waals surface area contributed by atoms with E-state index in [0.29, 0.717) is 56.9 Å². The Hall–Kier alpha value is -4.91. The first-order valence-electron chi connectivity index (χ1n) is 19.8. The van der Waals surface area contributed by atoms with Crippen molar-refractivity contribution in [1.82, 2.24) is 24.1 Å². The Kier molecular flexibility index (Phi) is 13.4. The van der Waals surface area contributed by atoms with Gasteiger partial charge in [-0.3, -0.25) is 9.58 Å². The summed E-state index contributed by atoms with van der Waals surface area (Å²) < 4.78 is 27.3. The highest BCUT2D eigenvalue weighted by molar-refractivity contribution is 6.05. The Labute approximate surface area is 329 Å². The molecule has 12 nitrogen and oxygen atoms in total. The summed E-state index contributed by atoms with van der Waals surface area (Å²) in [7, 11) is 1.73. The van der Waals surface area contributed by atoms with Crippen molar-refractivity contribution in [3.8, 4) is 16.9 Å². The van der Waals surface area contributed by atoms with Crippen molar-refractivity contribution in [2.45, 2.75) is 79.2 Å². The number of aliphatic hydroxyl groups excluding tert-OH is 1. The van der Waals surface area contributed by atoms with E-state index in [0.717, 1.165) is 82.7 Å². The van der Waals surface area contributed by atoms with Gasteiger partial charge in [-0.15, -0.1) is 0 Å². The molecule has 3 heterocycles. The predicted octanol–water partition coefficient (Wildman–Crippen LogP) is 7.24. The smallest absolute Gasteiger partial charge is 0.410 e. The molecule has 2 aromatic heterocycles. The number of fused-ring (bicyclic) bond motifs is 2. The van der Waals surface area contributed by atoms with Crippen LogP contribution < -0.4 is 4.74 Å². The lowest BCUT2D eigenvalue weighted by atomic mass is 9.98. The van der Waals surface area contributed by atoms with Gasteiger partial charge in [-0.1, -0.05) is 54.6 Å². The van der Waals surface area contributed by atoms with Crippen molar-refractivity contribution in [3.05, 3.63) is 83.3 Å². The molecule has 0 spiro atoms. The quantitative estimate of drug-likeness (QED) is 0.0819. The molecule has 5 aromatic rings. The summed E-state index contributed by atoms with van der Waals surface area (Å²) in [6, 6.07) is 20.3. The molecule has 6 rings (SSSR count). The minimum Gasteiger partial charge on any atom is -0.493 e. The number of aryl methyl sites for hydroxylation is 2. The Morgan fingerprint density at radius 1 is 0.946 bits per heavy atom. The van der Waals surface area contributed by atoms with E-state index < -0.39 is 17.7 Å². The zero-order chi connectivity index (χ0) is 39.8. The lowest BCUT2D eigenvalue weighted by Gasteiger charge is -2.26. The first kappa shape index (κ1) is 40.7. The normalized spacial score (nSPS) is 13.7.